The molecule has 1 unspecified atom stereocenters. The number of allylic oxidation sites excluding steroid dienone is 8. The summed E-state index contributed by atoms with van der Waals surface area (Å²) >= 11 is 0. The molecule has 0 aliphatic carbocycles. The maximum atomic E-state index is 12.8. The minimum atomic E-state index is -0.770. The van der Waals surface area contributed by atoms with Crippen molar-refractivity contribution in [2.45, 2.75) is 348 Å². The van der Waals surface area contributed by atoms with Crippen LogP contribution in [0.15, 0.2) is 48.6 Å². The van der Waals surface area contributed by atoms with Crippen LogP contribution in [0.25, 0.3) is 0 Å². The van der Waals surface area contributed by atoms with Gasteiger partial charge in [0.1, 0.15) is 13.2 Å². The molecule has 0 radical (unpaired) electrons. The molecule has 1 atom stereocenters. The summed E-state index contributed by atoms with van der Waals surface area (Å²) in [7, 11) is 0. The molecule has 6 nitrogen and oxygen atoms in total. The third-order valence-electron chi connectivity index (χ3n) is 14.3. The second kappa shape index (κ2) is 61.9. The lowest BCUT2D eigenvalue weighted by Crippen LogP contribution is -2.30. The number of hydrogen-bond acceptors (Lipinski definition) is 6. The van der Waals surface area contributed by atoms with E-state index >= 15 is 0 Å². The lowest BCUT2D eigenvalue weighted by Gasteiger charge is -2.18. The Morgan fingerprint density at radius 3 is 0.781 bits per heavy atom. The van der Waals surface area contributed by atoms with Gasteiger partial charge in [0.05, 0.1) is 0 Å². The standard InChI is InChI=1S/C67H122O6/c1-4-7-10-13-15-17-19-21-23-25-27-29-30-31-32-33-34-35-36-38-39-41-43-45-47-49-51-54-57-60-66(69)72-63-64(62-71-65(68)59-56-53-12-9-6-3)73-67(70)61-58-55-52-50-48-46-44-42-40-37-28-26-24-22-20-18-16-14-11-8-5-2/h19,21,25-28,30-31,64H,4-18,20,22-24,29,32-63H2,1-3H3/b21-19-,27-25-,28-26-,31-30-. The van der Waals surface area contributed by atoms with Crippen LogP contribution in [0, 0.1) is 0 Å². The Labute approximate surface area is 454 Å². The summed E-state index contributed by atoms with van der Waals surface area (Å²) in [5, 5.41) is 0. The van der Waals surface area contributed by atoms with Gasteiger partial charge < -0.3 is 14.2 Å². The monoisotopic (exact) mass is 1020 g/mol. The zero-order valence-corrected chi connectivity index (χ0v) is 48.9. The fraction of sp³-hybridized carbons (Fsp3) is 0.836. The van der Waals surface area contributed by atoms with E-state index in [0.29, 0.717) is 19.3 Å². The Bertz CT molecular complexity index is 1270. The Morgan fingerprint density at radius 2 is 0.493 bits per heavy atom. The van der Waals surface area contributed by atoms with Gasteiger partial charge in [-0.2, -0.15) is 0 Å². The third kappa shape index (κ3) is 60.1. The average Bonchev–Trinajstić information content (AvgIpc) is 3.39. The smallest absolute Gasteiger partial charge is 0.306 e. The first-order valence-electron chi connectivity index (χ1n) is 32.1. The van der Waals surface area contributed by atoms with E-state index < -0.39 is 6.10 Å². The molecule has 0 spiro atoms. The van der Waals surface area contributed by atoms with Gasteiger partial charge in [0, 0.05) is 19.3 Å². The van der Waals surface area contributed by atoms with Crippen LogP contribution in [-0.2, 0) is 28.6 Å². The normalized spacial score (nSPS) is 12.3. The minimum Gasteiger partial charge on any atom is -0.462 e. The lowest BCUT2D eigenvalue weighted by molar-refractivity contribution is -0.167. The Morgan fingerprint density at radius 1 is 0.274 bits per heavy atom. The van der Waals surface area contributed by atoms with Crippen molar-refractivity contribution in [1.29, 1.82) is 0 Å². The number of hydrogen-bond donors (Lipinski definition) is 0. The second-order valence-electron chi connectivity index (χ2n) is 21.7. The fourth-order valence-electron chi connectivity index (χ4n) is 9.45. The van der Waals surface area contributed by atoms with E-state index in [-0.39, 0.29) is 31.1 Å². The molecule has 0 aromatic rings. The van der Waals surface area contributed by atoms with Crippen LogP contribution in [0.2, 0.25) is 0 Å². The van der Waals surface area contributed by atoms with E-state index in [2.05, 4.69) is 69.4 Å². The first-order chi connectivity index (χ1) is 36.0. The summed E-state index contributed by atoms with van der Waals surface area (Å²) in [6, 6.07) is 0. The molecule has 6 heteroatoms. The molecule has 0 aliphatic rings. The van der Waals surface area contributed by atoms with E-state index in [0.717, 1.165) is 77.0 Å². The molecule has 0 rings (SSSR count). The summed E-state index contributed by atoms with van der Waals surface area (Å²) in [5.41, 5.74) is 0. The van der Waals surface area contributed by atoms with Gasteiger partial charge in [-0.25, -0.2) is 0 Å². The highest BCUT2D eigenvalue weighted by Crippen LogP contribution is 2.17. The Hall–Kier alpha value is -2.63. The second-order valence-corrected chi connectivity index (χ2v) is 21.7. The number of carbonyl (C=O) groups excluding carboxylic acids is 3. The number of rotatable bonds is 59. The van der Waals surface area contributed by atoms with Gasteiger partial charge in [0.2, 0.25) is 0 Å². The summed E-state index contributed by atoms with van der Waals surface area (Å²) in [4.78, 5) is 37.9. The first-order valence-corrected chi connectivity index (χ1v) is 32.1. The largest absolute Gasteiger partial charge is 0.462 e. The molecule has 426 valence electrons. The molecule has 0 N–H and O–H groups in total. The highest BCUT2D eigenvalue weighted by atomic mass is 16.6. The van der Waals surface area contributed by atoms with Gasteiger partial charge in [-0.15, -0.1) is 0 Å². The molecule has 0 amide bonds. The van der Waals surface area contributed by atoms with E-state index in [4.69, 9.17) is 14.2 Å². The predicted octanol–water partition coefficient (Wildman–Crippen LogP) is 21.8. The van der Waals surface area contributed by atoms with Crippen LogP contribution in [-0.4, -0.2) is 37.2 Å². The van der Waals surface area contributed by atoms with Crippen molar-refractivity contribution in [3.8, 4) is 0 Å². The van der Waals surface area contributed by atoms with Crippen molar-refractivity contribution >= 4 is 17.9 Å². The molecule has 0 aliphatic heterocycles. The van der Waals surface area contributed by atoms with Crippen molar-refractivity contribution in [1.82, 2.24) is 0 Å². The highest BCUT2D eigenvalue weighted by molar-refractivity contribution is 5.71. The van der Waals surface area contributed by atoms with Crippen LogP contribution in [0.5, 0.6) is 0 Å². The van der Waals surface area contributed by atoms with E-state index in [1.165, 1.54) is 225 Å². The molecular weight excluding hydrogens is 901 g/mol. The van der Waals surface area contributed by atoms with Crippen LogP contribution in [0.3, 0.4) is 0 Å². The minimum absolute atomic E-state index is 0.0716. The van der Waals surface area contributed by atoms with Crippen LogP contribution in [0.1, 0.15) is 342 Å². The van der Waals surface area contributed by atoms with Gasteiger partial charge >= 0.3 is 17.9 Å². The highest BCUT2D eigenvalue weighted by Gasteiger charge is 2.19. The summed E-state index contributed by atoms with van der Waals surface area (Å²) in [5.74, 6) is -0.872. The van der Waals surface area contributed by atoms with E-state index in [1.54, 1.807) is 0 Å². The zero-order valence-electron chi connectivity index (χ0n) is 48.9. The summed E-state index contributed by atoms with van der Waals surface area (Å²) in [6.07, 6.45) is 77.4. The molecule has 0 saturated heterocycles. The van der Waals surface area contributed by atoms with Crippen LogP contribution in [0.4, 0.5) is 0 Å². The number of carbonyl (C=O) groups is 3. The van der Waals surface area contributed by atoms with Crippen LogP contribution < -0.4 is 0 Å². The quantitative estimate of drug-likeness (QED) is 0.0261. The lowest BCUT2D eigenvalue weighted by atomic mass is 10.0. The van der Waals surface area contributed by atoms with Crippen LogP contribution >= 0.6 is 0 Å². The zero-order chi connectivity index (χ0) is 52.9. The van der Waals surface area contributed by atoms with Crippen molar-refractivity contribution in [3.05, 3.63) is 48.6 Å². The van der Waals surface area contributed by atoms with Crippen molar-refractivity contribution in [2.75, 3.05) is 13.2 Å². The fourth-order valence-corrected chi connectivity index (χ4v) is 9.45. The summed E-state index contributed by atoms with van der Waals surface area (Å²) < 4.78 is 16.8. The molecule has 0 saturated carbocycles. The molecule has 0 aromatic heterocycles. The van der Waals surface area contributed by atoms with E-state index in [9.17, 15) is 14.4 Å². The van der Waals surface area contributed by atoms with E-state index in [1.807, 2.05) is 0 Å². The maximum Gasteiger partial charge on any atom is 0.306 e. The topological polar surface area (TPSA) is 78.9 Å². The molecule has 0 aromatic carbocycles. The number of unbranched alkanes of at least 4 members (excludes halogenated alkanes) is 40. The van der Waals surface area contributed by atoms with Gasteiger partial charge in [0.25, 0.3) is 0 Å². The van der Waals surface area contributed by atoms with Gasteiger partial charge in [0.15, 0.2) is 6.10 Å². The van der Waals surface area contributed by atoms with Crippen molar-refractivity contribution in [3.63, 3.8) is 0 Å². The van der Waals surface area contributed by atoms with Crippen molar-refractivity contribution in [2.24, 2.45) is 0 Å². The maximum absolute atomic E-state index is 12.8. The SMILES string of the molecule is CCCCCCC/C=C\C/C=C\C/C=C\CCCCCCCCCCCCCCCCC(=O)OCC(COC(=O)CCCCCCC)OC(=O)CCCCCCCCCCC/C=C\CCCCCCCCCC. The third-order valence-corrected chi connectivity index (χ3v) is 14.3. The predicted molar refractivity (Wildman–Crippen MR) is 316 cm³/mol. The Balaban J connectivity index is 4.00. The Kier molecular flexibility index (Phi) is 59.7. The van der Waals surface area contributed by atoms with Gasteiger partial charge in [-0.05, 0) is 83.5 Å². The van der Waals surface area contributed by atoms with Gasteiger partial charge in [-0.1, -0.05) is 288 Å². The molecular formula is C67H122O6. The average molecular weight is 1020 g/mol. The molecule has 0 heterocycles. The van der Waals surface area contributed by atoms with Gasteiger partial charge in [-0.3, -0.25) is 14.4 Å². The molecule has 0 fully saturated rings. The van der Waals surface area contributed by atoms with Crippen molar-refractivity contribution < 1.29 is 28.6 Å². The summed E-state index contributed by atoms with van der Waals surface area (Å²) in [6.45, 7) is 6.59. The first kappa shape index (κ1) is 70.4. The molecule has 0 bridgehead atoms. The molecule has 73 heavy (non-hydrogen) atoms. The number of esters is 3. The number of ether oxygens (including phenoxy) is 3.